The molecule has 2 aromatic carbocycles. The van der Waals surface area contributed by atoms with Crippen molar-refractivity contribution in [2.24, 2.45) is 0 Å². The zero-order valence-electron chi connectivity index (χ0n) is 16.1. The van der Waals surface area contributed by atoms with Gasteiger partial charge >= 0.3 is 5.91 Å². The second-order valence-electron chi connectivity index (χ2n) is 6.36. The van der Waals surface area contributed by atoms with Crippen LogP contribution in [-0.4, -0.2) is 40.4 Å². The molecule has 1 aliphatic rings. The summed E-state index contributed by atoms with van der Waals surface area (Å²) < 4.78 is 5.88. The van der Waals surface area contributed by atoms with E-state index in [1.807, 2.05) is 12.3 Å². The molecule has 1 atom stereocenters. The van der Waals surface area contributed by atoms with Crippen molar-refractivity contribution in [1.29, 1.82) is 0 Å². The number of aliphatic hydroxyl groups is 1. The third-order valence-electron chi connectivity index (χ3n) is 4.70. The van der Waals surface area contributed by atoms with Crippen LogP contribution in [0.25, 0.3) is 5.76 Å². The number of rotatable bonds is 5. The minimum Gasteiger partial charge on any atom is -0.507 e. The van der Waals surface area contributed by atoms with Crippen LogP contribution in [0.15, 0.2) is 64.5 Å². The van der Waals surface area contributed by atoms with E-state index < -0.39 is 17.7 Å². The lowest BCUT2D eigenvalue weighted by atomic mass is 9.95. The molecular formula is C21H17N3O4S2. The second-order valence-corrected chi connectivity index (χ2v) is 8.37. The van der Waals surface area contributed by atoms with Gasteiger partial charge in [-0.1, -0.05) is 65.6 Å². The quantitative estimate of drug-likeness (QED) is 0.212. The Morgan fingerprint density at radius 2 is 1.80 bits per heavy atom. The number of ether oxygens (including phenoxy) is 1. The zero-order valence-corrected chi connectivity index (χ0v) is 17.7. The van der Waals surface area contributed by atoms with Crippen LogP contribution in [0.1, 0.15) is 17.2 Å². The predicted molar refractivity (Wildman–Crippen MR) is 116 cm³/mol. The molecule has 9 heteroatoms. The number of hydrogen-bond donors (Lipinski definition) is 1. The molecule has 1 N–H and O–H groups in total. The lowest BCUT2D eigenvalue weighted by Crippen LogP contribution is -2.29. The van der Waals surface area contributed by atoms with E-state index in [2.05, 4.69) is 10.2 Å². The fourth-order valence-corrected chi connectivity index (χ4v) is 4.55. The number of carbonyl (C=O) groups is 2. The number of nitrogens with zero attached hydrogens (tertiary/aromatic N) is 3. The molecule has 152 valence electrons. The number of amides is 1. The number of hydrogen-bond acceptors (Lipinski definition) is 8. The largest absolute Gasteiger partial charge is 0.507 e. The van der Waals surface area contributed by atoms with E-state index in [4.69, 9.17) is 4.74 Å². The molecule has 1 aliphatic heterocycles. The van der Waals surface area contributed by atoms with Crippen LogP contribution in [0.3, 0.4) is 0 Å². The highest BCUT2D eigenvalue weighted by Gasteiger charge is 2.48. The molecule has 7 nitrogen and oxygen atoms in total. The smallest absolute Gasteiger partial charge is 0.301 e. The van der Waals surface area contributed by atoms with Crippen molar-refractivity contribution in [3.05, 3.63) is 71.3 Å². The first-order chi connectivity index (χ1) is 14.5. The molecule has 4 rings (SSSR count). The van der Waals surface area contributed by atoms with Gasteiger partial charge in [0, 0.05) is 5.56 Å². The first-order valence-corrected chi connectivity index (χ1v) is 11.0. The Labute approximate surface area is 181 Å². The molecule has 0 spiro atoms. The van der Waals surface area contributed by atoms with Crippen molar-refractivity contribution in [1.82, 2.24) is 10.2 Å². The predicted octanol–water partition coefficient (Wildman–Crippen LogP) is 3.89. The van der Waals surface area contributed by atoms with E-state index in [0.717, 1.165) is 0 Å². The average Bonchev–Trinajstić information content (AvgIpc) is 3.36. The highest BCUT2D eigenvalue weighted by Crippen LogP contribution is 2.43. The Hall–Kier alpha value is -3.17. The molecule has 1 fully saturated rings. The van der Waals surface area contributed by atoms with Crippen LogP contribution in [0.5, 0.6) is 5.75 Å². The number of methoxy groups -OCH3 is 1. The van der Waals surface area contributed by atoms with E-state index in [1.54, 1.807) is 55.6 Å². The minimum atomic E-state index is -0.834. The molecule has 3 aromatic rings. The maximum atomic E-state index is 13.0. The Morgan fingerprint density at radius 3 is 2.40 bits per heavy atom. The Morgan fingerprint density at radius 1 is 1.10 bits per heavy atom. The van der Waals surface area contributed by atoms with Crippen molar-refractivity contribution in [2.75, 3.05) is 18.3 Å². The number of anilines is 1. The van der Waals surface area contributed by atoms with Gasteiger partial charge in [0.25, 0.3) is 5.78 Å². The van der Waals surface area contributed by atoms with Gasteiger partial charge in [-0.2, -0.15) is 0 Å². The Balaban J connectivity index is 1.91. The lowest BCUT2D eigenvalue weighted by molar-refractivity contribution is -0.132. The third-order valence-corrected chi connectivity index (χ3v) is 6.60. The molecule has 30 heavy (non-hydrogen) atoms. The highest BCUT2D eigenvalue weighted by molar-refractivity contribution is 8.00. The topological polar surface area (TPSA) is 92.6 Å². The normalized spacial score (nSPS) is 18.1. The van der Waals surface area contributed by atoms with Crippen LogP contribution in [0.2, 0.25) is 0 Å². The molecule has 2 heterocycles. The number of aromatic nitrogens is 2. The van der Waals surface area contributed by atoms with Crippen LogP contribution < -0.4 is 9.64 Å². The summed E-state index contributed by atoms with van der Waals surface area (Å²) >= 11 is 2.62. The summed E-state index contributed by atoms with van der Waals surface area (Å²) in [6.07, 6.45) is 1.86. The van der Waals surface area contributed by atoms with Crippen molar-refractivity contribution >= 4 is 45.7 Å². The van der Waals surface area contributed by atoms with Gasteiger partial charge in [0.1, 0.15) is 11.5 Å². The van der Waals surface area contributed by atoms with Crippen molar-refractivity contribution in [2.45, 2.75) is 10.4 Å². The molecule has 1 amide bonds. The van der Waals surface area contributed by atoms with Crippen molar-refractivity contribution < 1.29 is 19.4 Å². The van der Waals surface area contributed by atoms with Gasteiger partial charge in [0.05, 0.1) is 18.7 Å². The van der Waals surface area contributed by atoms with Crippen LogP contribution in [0, 0.1) is 0 Å². The van der Waals surface area contributed by atoms with Gasteiger partial charge in [-0.3, -0.25) is 14.5 Å². The maximum absolute atomic E-state index is 13.0. The first-order valence-electron chi connectivity index (χ1n) is 8.93. The summed E-state index contributed by atoms with van der Waals surface area (Å²) in [6, 6.07) is 14.9. The van der Waals surface area contributed by atoms with E-state index in [-0.39, 0.29) is 11.3 Å². The summed E-state index contributed by atoms with van der Waals surface area (Å²) in [5.41, 5.74) is 1.11. The van der Waals surface area contributed by atoms with Crippen LogP contribution >= 0.6 is 23.1 Å². The fourth-order valence-electron chi connectivity index (χ4n) is 3.27. The van der Waals surface area contributed by atoms with Gasteiger partial charge < -0.3 is 9.84 Å². The molecule has 1 unspecified atom stereocenters. The van der Waals surface area contributed by atoms with E-state index in [9.17, 15) is 14.7 Å². The summed E-state index contributed by atoms with van der Waals surface area (Å²) in [5, 5.41) is 19.4. The van der Waals surface area contributed by atoms with Gasteiger partial charge in [-0.25, -0.2) is 0 Å². The zero-order chi connectivity index (χ0) is 21.3. The Bertz CT molecular complexity index is 1130. The second kappa shape index (κ2) is 8.29. The van der Waals surface area contributed by atoms with Crippen molar-refractivity contribution in [3.8, 4) is 5.75 Å². The number of Topliss-reactive ketones (excluding diaryl/α,β-unsaturated/α-hetero) is 1. The standard InChI is InChI=1S/C21H17N3O4S2/c1-28-14-10-8-12(9-11-14)16-15(17(25)13-6-4-3-5-7-13)18(26)19(27)24(16)20-22-23-21(29-2)30-20/h3-11,16,25H,1-2H3. The number of ketones is 1. The van der Waals surface area contributed by atoms with Crippen LogP contribution in [0.4, 0.5) is 5.13 Å². The van der Waals surface area contributed by atoms with Crippen LogP contribution in [-0.2, 0) is 9.59 Å². The summed E-state index contributed by atoms with van der Waals surface area (Å²) in [5.74, 6) is -1.11. The fraction of sp³-hybridized carbons (Fsp3) is 0.143. The number of aliphatic hydroxyl groups excluding tert-OH is 1. The molecule has 0 bridgehead atoms. The summed E-state index contributed by atoms with van der Waals surface area (Å²) in [7, 11) is 1.56. The van der Waals surface area contributed by atoms with Gasteiger partial charge in [0.15, 0.2) is 4.34 Å². The first kappa shape index (κ1) is 20.1. The SMILES string of the molecule is COc1ccc(C2C(=C(O)c3ccccc3)C(=O)C(=O)N2c2nnc(SC)s2)cc1. The van der Waals surface area contributed by atoms with Gasteiger partial charge in [-0.05, 0) is 24.0 Å². The molecule has 0 radical (unpaired) electrons. The summed E-state index contributed by atoms with van der Waals surface area (Å²) in [6.45, 7) is 0. The number of benzene rings is 2. The monoisotopic (exact) mass is 439 g/mol. The van der Waals surface area contributed by atoms with E-state index in [0.29, 0.717) is 26.3 Å². The highest BCUT2D eigenvalue weighted by atomic mass is 32.2. The molecule has 1 aromatic heterocycles. The number of thioether (sulfide) groups is 1. The maximum Gasteiger partial charge on any atom is 0.301 e. The molecule has 1 saturated heterocycles. The van der Waals surface area contributed by atoms with E-state index >= 15 is 0 Å². The average molecular weight is 440 g/mol. The van der Waals surface area contributed by atoms with Gasteiger partial charge in [0.2, 0.25) is 5.13 Å². The third kappa shape index (κ3) is 3.46. The van der Waals surface area contributed by atoms with E-state index in [1.165, 1.54) is 28.0 Å². The molecule has 0 saturated carbocycles. The van der Waals surface area contributed by atoms with Crippen molar-refractivity contribution in [3.63, 3.8) is 0 Å². The number of carbonyl (C=O) groups excluding carboxylic acids is 2. The minimum absolute atomic E-state index is 0.0114. The lowest BCUT2D eigenvalue weighted by Gasteiger charge is -2.22. The van der Waals surface area contributed by atoms with Gasteiger partial charge in [-0.15, -0.1) is 10.2 Å². The molecular weight excluding hydrogens is 422 g/mol. The Kier molecular flexibility index (Phi) is 5.56. The molecule has 0 aliphatic carbocycles. The summed E-state index contributed by atoms with van der Waals surface area (Å²) in [4.78, 5) is 27.3.